The van der Waals surface area contributed by atoms with Crippen molar-refractivity contribution in [3.05, 3.63) is 64.9 Å². The van der Waals surface area contributed by atoms with Crippen molar-refractivity contribution in [3.63, 3.8) is 0 Å². The van der Waals surface area contributed by atoms with E-state index in [9.17, 15) is 9.18 Å². The predicted octanol–water partition coefficient (Wildman–Crippen LogP) is 2.37. The number of aromatic nitrogens is 1. The van der Waals surface area contributed by atoms with Crippen molar-refractivity contribution in [2.45, 2.75) is 19.4 Å². The van der Waals surface area contributed by atoms with Gasteiger partial charge >= 0.3 is 0 Å². The average molecular weight is 372 g/mol. The number of nitrogens with one attached hydrogen (secondary N) is 2. The molecule has 1 amide bonds. The number of carbonyl (C=O) groups excluding carboxylic acids is 1. The summed E-state index contributed by atoms with van der Waals surface area (Å²) in [5.74, 6) is -0.232. The fraction of sp³-hybridized carbons (Fsp3) is 0.300. The van der Waals surface area contributed by atoms with Crippen LogP contribution in [0.1, 0.15) is 23.5 Å². The highest BCUT2D eigenvalue weighted by Crippen LogP contribution is 2.24. The second-order valence-corrected chi connectivity index (χ2v) is 7.55. The van der Waals surface area contributed by atoms with E-state index in [1.165, 1.54) is 16.8 Å². The van der Waals surface area contributed by atoms with Gasteiger partial charge in [0.15, 0.2) is 11.6 Å². The second kappa shape index (κ2) is 8.38. The van der Waals surface area contributed by atoms with Gasteiger partial charge in [0.1, 0.15) is 11.9 Å². The van der Waals surface area contributed by atoms with Crippen LogP contribution < -0.4 is 10.2 Å². The van der Waals surface area contributed by atoms with Crippen LogP contribution in [-0.2, 0) is 11.2 Å². The zero-order chi connectivity index (χ0) is 18.5. The van der Waals surface area contributed by atoms with Crippen LogP contribution in [0.15, 0.2) is 48.5 Å². The first-order chi connectivity index (χ1) is 12.5. The van der Waals surface area contributed by atoms with Gasteiger partial charge in [0.2, 0.25) is 0 Å². The molecular formula is C20H23FN3OS+. The number of rotatable bonds is 7. The Balaban J connectivity index is 1.49. The Morgan fingerprint density at radius 2 is 1.96 bits per heavy atom. The van der Waals surface area contributed by atoms with Gasteiger partial charge in [-0.1, -0.05) is 24.3 Å². The van der Waals surface area contributed by atoms with Crippen molar-refractivity contribution in [3.8, 4) is 0 Å². The number of likely N-dealkylation sites (N-methyl/N-ethyl adjacent to an activating group) is 1. The maximum absolute atomic E-state index is 12.9. The molecular weight excluding hydrogens is 349 g/mol. The van der Waals surface area contributed by atoms with Gasteiger partial charge in [-0.25, -0.2) is 9.37 Å². The molecule has 2 aromatic carbocycles. The number of fused-ring (bicyclic) bond motifs is 1. The lowest BCUT2D eigenvalue weighted by atomic mass is 10.1. The van der Waals surface area contributed by atoms with Gasteiger partial charge in [-0.3, -0.25) is 4.79 Å². The number of halogens is 1. The van der Waals surface area contributed by atoms with Crippen molar-refractivity contribution < 1.29 is 14.1 Å². The zero-order valence-corrected chi connectivity index (χ0v) is 15.8. The number of carbonyl (C=O) groups is 1. The highest BCUT2D eigenvalue weighted by atomic mass is 32.1. The minimum Gasteiger partial charge on any atom is -0.351 e. The fourth-order valence-electron chi connectivity index (χ4n) is 2.75. The maximum Gasteiger partial charge on any atom is 0.275 e. The molecule has 26 heavy (non-hydrogen) atoms. The van der Waals surface area contributed by atoms with E-state index in [4.69, 9.17) is 0 Å². The Morgan fingerprint density at radius 3 is 2.69 bits per heavy atom. The lowest BCUT2D eigenvalue weighted by Gasteiger charge is -2.19. The molecule has 2 atom stereocenters. The summed E-state index contributed by atoms with van der Waals surface area (Å²) in [4.78, 5) is 18.0. The first kappa shape index (κ1) is 18.5. The standard InChI is InChI=1S/C20H22FN3OS/c1-14(20-23-17-5-3-4-6-18(17)26-20)24(2)13-19(25)22-12-11-15-7-9-16(21)10-8-15/h3-10,14H,11-13H2,1-2H3,(H,22,25)/p+1/t14-/m0/s1. The summed E-state index contributed by atoms with van der Waals surface area (Å²) in [6, 6.07) is 14.6. The number of quaternary nitrogens is 1. The molecule has 4 nitrogen and oxygen atoms in total. The van der Waals surface area contributed by atoms with E-state index in [-0.39, 0.29) is 17.8 Å². The molecule has 0 radical (unpaired) electrons. The first-order valence-electron chi connectivity index (χ1n) is 8.72. The number of benzene rings is 2. The van der Waals surface area contributed by atoms with Gasteiger partial charge in [-0.05, 0) is 43.2 Å². The zero-order valence-electron chi connectivity index (χ0n) is 15.0. The van der Waals surface area contributed by atoms with E-state index in [0.717, 1.165) is 21.0 Å². The number of hydrogen-bond acceptors (Lipinski definition) is 3. The first-order valence-corrected chi connectivity index (χ1v) is 9.53. The molecule has 2 N–H and O–H groups in total. The third-order valence-corrected chi connectivity index (χ3v) is 5.73. The van der Waals surface area contributed by atoms with Crippen molar-refractivity contribution in [1.82, 2.24) is 10.3 Å². The Morgan fingerprint density at radius 1 is 1.23 bits per heavy atom. The molecule has 3 rings (SSSR count). The minimum atomic E-state index is -0.244. The molecule has 1 unspecified atom stereocenters. The van der Waals surface area contributed by atoms with E-state index in [0.29, 0.717) is 19.5 Å². The second-order valence-electron chi connectivity index (χ2n) is 6.49. The Hall–Kier alpha value is -2.31. The molecule has 0 saturated heterocycles. The summed E-state index contributed by atoms with van der Waals surface area (Å²) in [6.45, 7) is 3.03. The van der Waals surface area contributed by atoms with E-state index in [1.54, 1.807) is 23.5 Å². The van der Waals surface area contributed by atoms with Crippen molar-refractivity contribution in [2.75, 3.05) is 20.1 Å². The summed E-state index contributed by atoms with van der Waals surface area (Å²) < 4.78 is 14.1. The Kier molecular flexibility index (Phi) is 5.96. The topological polar surface area (TPSA) is 46.4 Å². The van der Waals surface area contributed by atoms with E-state index < -0.39 is 0 Å². The number of amides is 1. The lowest BCUT2D eigenvalue weighted by Crippen LogP contribution is -3.10. The fourth-order valence-corrected chi connectivity index (χ4v) is 3.86. The van der Waals surface area contributed by atoms with Gasteiger partial charge in [0, 0.05) is 6.54 Å². The number of nitrogens with zero attached hydrogens (tertiary/aromatic N) is 1. The molecule has 6 heteroatoms. The van der Waals surface area contributed by atoms with Crippen LogP contribution >= 0.6 is 11.3 Å². The predicted molar refractivity (Wildman–Crippen MR) is 103 cm³/mol. The summed E-state index contributed by atoms with van der Waals surface area (Å²) in [6.07, 6.45) is 0.693. The normalized spacial score (nSPS) is 13.5. The number of thiazole rings is 1. The molecule has 0 aliphatic carbocycles. The van der Waals surface area contributed by atoms with Gasteiger partial charge in [0.05, 0.1) is 17.3 Å². The SMILES string of the molecule is C[C@@H](c1nc2ccccc2s1)[NH+](C)CC(=O)NCCc1ccc(F)cc1. The summed E-state index contributed by atoms with van der Waals surface area (Å²) in [7, 11) is 2.01. The maximum atomic E-state index is 12.9. The summed E-state index contributed by atoms with van der Waals surface area (Å²) in [5.41, 5.74) is 2.02. The number of hydrogen-bond donors (Lipinski definition) is 2. The molecule has 136 valence electrons. The highest BCUT2D eigenvalue weighted by Gasteiger charge is 2.21. The van der Waals surface area contributed by atoms with Crippen LogP contribution in [0, 0.1) is 5.82 Å². The monoisotopic (exact) mass is 372 g/mol. The summed E-state index contributed by atoms with van der Waals surface area (Å²) >= 11 is 1.68. The van der Waals surface area contributed by atoms with Crippen LogP contribution in [-0.4, -0.2) is 31.0 Å². The van der Waals surface area contributed by atoms with E-state index >= 15 is 0 Å². The van der Waals surface area contributed by atoms with Crippen LogP contribution in [0.3, 0.4) is 0 Å². The summed E-state index contributed by atoms with van der Waals surface area (Å²) in [5, 5.41) is 3.98. The molecule has 0 saturated carbocycles. The van der Waals surface area contributed by atoms with E-state index in [2.05, 4.69) is 23.3 Å². The van der Waals surface area contributed by atoms with Crippen LogP contribution in [0.4, 0.5) is 4.39 Å². The smallest absolute Gasteiger partial charge is 0.275 e. The van der Waals surface area contributed by atoms with Gasteiger partial charge in [-0.15, -0.1) is 11.3 Å². The Bertz CT molecular complexity index is 845. The third-order valence-electron chi connectivity index (χ3n) is 4.51. The average Bonchev–Trinajstić information content (AvgIpc) is 3.06. The molecule has 1 heterocycles. The number of para-hydroxylation sites is 1. The molecule has 0 fully saturated rings. The minimum absolute atomic E-state index is 0.0116. The van der Waals surface area contributed by atoms with E-state index in [1.807, 2.05) is 25.2 Å². The molecule has 3 aromatic rings. The van der Waals surface area contributed by atoms with Gasteiger partial charge in [-0.2, -0.15) is 0 Å². The van der Waals surface area contributed by atoms with Crippen LogP contribution in [0.25, 0.3) is 10.2 Å². The molecule has 0 bridgehead atoms. The highest BCUT2D eigenvalue weighted by molar-refractivity contribution is 7.18. The van der Waals surface area contributed by atoms with Crippen molar-refractivity contribution >= 4 is 27.5 Å². The molecule has 1 aromatic heterocycles. The lowest BCUT2D eigenvalue weighted by molar-refractivity contribution is -0.902. The quantitative estimate of drug-likeness (QED) is 0.669. The Labute approximate surface area is 156 Å². The molecule has 0 aliphatic rings. The molecule has 0 aliphatic heterocycles. The van der Waals surface area contributed by atoms with Crippen LogP contribution in [0.2, 0.25) is 0 Å². The largest absolute Gasteiger partial charge is 0.351 e. The molecule has 0 spiro atoms. The van der Waals surface area contributed by atoms with Crippen molar-refractivity contribution in [1.29, 1.82) is 0 Å². The van der Waals surface area contributed by atoms with Gasteiger partial charge in [0.25, 0.3) is 5.91 Å². The van der Waals surface area contributed by atoms with Gasteiger partial charge < -0.3 is 10.2 Å². The van der Waals surface area contributed by atoms with Crippen LogP contribution in [0.5, 0.6) is 0 Å². The van der Waals surface area contributed by atoms with Crippen molar-refractivity contribution in [2.24, 2.45) is 0 Å². The third kappa shape index (κ3) is 4.65.